The Morgan fingerprint density at radius 1 is 0.833 bits per heavy atom. The lowest BCUT2D eigenvalue weighted by molar-refractivity contribution is -0.148. The molecule has 2 aromatic rings. The molecular weight excluding hydrogens is 761 g/mol. The van der Waals surface area contributed by atoms with Crippen LogP contribution >= 0.6 is 0 Å². The smallest absolute Gasteiger partial charge is 0.245 e. The van der Waals surface area contributed by atoms with E-state index in [1.165, 1.54) is 0 Å². The van der Waals surface area contributed by atoms with E-state index in [9.17, 15) is 24.0 Å². The van der Waals surface area contributed by atoms with E-state index in [2.05, 4.69) is 26.6 Å². The molecule has 2 aliphatic heterocycles. The average molecular weight is 829 g/mol. The summed E-state index contributed by atoms with van der Waals surface area (Å²) in [6.07, 6.45) is 10.3. The van der Waals surface area contributed by atoms with Gasteiger partial charge in [-0.25, -0.2) is 0 Å². The fraction of sp³-hybridized carbons (Fsp3) is 0.600. The van der Waals surface area contributed by atoms with Crippen LogP contribution in [0.2, 0.25) is 0 Å². The van der Waals surface area contributed by atoms with Crippen molar-refractivity contribution in [3.8, 4) is 0 Å². The number of likely N-dealkylation sites (tertiary alicyclic amines) is 1. The van der Waals surface area contributed by atoms with Gasteiger partial charge in [-0.15, -0.1) is 0 Å². The Morgan fingerprint density at radius 3 is 2.18 bits per heavy atom. The number of rotatable bonds is 21. The van der Waals surface area contributed by atoms with Gasteiger partial charge in [0.25, 0.3) is 0 Å². The standard InChI is InChI=1S/C45H68N10O5/c1-49-36(27-31-15-5-2-6-16-31)40(56)52-35(22-11-12-24-46)43(59)54-26-14-23-38(54)41(57)53-37(28-32-17-7-3-8-18-32)44(60)55-30-34(21-13-25-50-45(47)48)51-42(58)39(55)29-33-19-9-4-10-20-33/h2,4-6,9-10,15-16,19-20,32,34-39,49H,3,7-8,11-14,17-18,21-30,46H2,1H3,(H,51,58)(H,52,56)(H,53,57)(H4,47,48,50)/t34-,35+,36+,37-,38+,39-/m1/s1. The number of piperazine rings is 1. The van der Waals surface area contributed by atoms with Gasteiger partial charge in [-0.3, -0.25) is 29.4 Å². The Hall–Kier alpha value is -5.02. The summed E-state index contributed by atoms with van der Waals surface area (Å²) in [6, 6.07) is 15.1. The van der Waals surface area contributed by atoms with Crippen LogP contribution in [-0.4, -0.2) is 115 Å². The molecule has 0 unspecified atom stereocenters. The largest absolute Gasteiger partial charge is 0.370 e. The Morgan fingerprint density at radius 2 is 1.52 bits per heavy atom. The maximum Gasteiger partial charge on any atom is 0.245 e. The van der Waals surface area contributed by atoms with Gasteiger partial charge in [0.1, 0.15) is 24.2 Å². The van der Waals surface area contributed by atoms with Gasteiger partial charge in [0.15, 0.2) is 5.96 Å². The van der Waals surface area contributed by atoms with Crippen LogP contribution < -0.4 is 38.1 Å². The summed E-state index contributed by atoms with van der Waals surface area (Å²) in [5.41, 5.74) is 13.2. The zero-order valence-electron chi connectivity index (χ0n) is 35.3. The van der Waals surface area contributed by atoms with Crippen molar-refractivity contribution in [2.45, 2.75) is 133 Å². The van der Waals surface area contributed by atoms with Gasteiger partial charge >= 0.3 is 0 Å². The molecular formula is C45H68N10O5. The highest BCUT2D eigenvalue weighted by Crippen LogP contribution is 2.29. The molecule has 6 atom stereocenters. The number of carbonyl (C=O) groups excluding carboxylic acids is 5. The topological polar surface area (TPSA) is 228 Å². The van der Waals surface area contributed by atoms with Crippen molar-refractivity contribution < 1.29 is 24.0 Å². The molecule has 15 nitrogen and oxygen atoms in total. The van der Waals surface area contributed by atoms with Crippen molar-refractivity contribution in [1.82, 2.24) is 36.4 Å². The van der Waals surface area contributed by atoms with E-state index in [0.717, 1.165) is 43.2 Å². The molecule has 3 aliphatic rings. The highest BCUT2D eigenvalue weighted by atomic mass is 16.2. The molecule has 0 radical (unpaired) electrons. The van der Waals surface area contributed by atoms with Gasteiger partial charge < -0.3 is 47.9 Å². The summed E-state index contributed by atoms with van der Waals surface area (Å²) >= 11 is 0. The number of hydrogen-bond acceptors (Lipinski definition) is 8. The number of hydrogen-bond donors (Lipinski definition) is 8. The first kappa shape index (κ1) is 46.1. The predicted molar refractivity (Wildman–Crippen MR) is 232 cm³/mol. The van der Waals surface area contributed by atoms with E-state index in [4.69, 9.17) is 16.9 Å². The molecule has 2 heterocycles. The van der Waals surface area contributed by atoms with E-state index in [0.29, 0.717) is 83.8 Å². The van der Waals surface area contributed by atoms with Crippen LogP contribution in [0.15, 0.2) is 60.7 Å². The maximum atomic E-state index is 15.0. The summed E-state index contributed by atoms with van der Waals surface area (Å²) in [5, 5.41) is 22.7. The number of nitrogens with one attached hydrogen (secondary N) is 6. The summed E-state index contributed by atoms with van der Waals surface area (Å²) in [4.78, 5) is 74.7. The van der Waals surface area contributed by atoms with E-state index in [-0.39, 0.29) is 48.1 Å². The van der Waals surface area contributed by atoms with Crippen LogP contribution in [0, 0.1) is 11.3 Å². The molecule has 5 rings (SSSR count). The number of guanidine groups is 1. The van der Waals surface area contributed by atoms with Crippen molar-refractivity contribution in [2.24, 2.45) is 17.4 Å². The third kappa shape index (κ3) is 13.5. The minimum absolute atomic E-state index is 0.126. The van der Waals surface area contributed by atoms with Crippen molar-refractivity contribution in [3.63, 3.8) is 0 Å². The van der Waals surface area contributed by atoms with Crippen molar-refractivity contribution in [1.29, 1.82) is 5.41 Å². The van der Waals surface area contributed by atoms with Gasteiger partial charge in [0.2, 0.25) is 29.5 Å². The lowest BCUT2D eigenvalue weighted by Crippen LogP contribution is -2.65. The molecule has 0 spiro atoms. The molecule has 1 aliphatic carbocycles. The van der Waals surface area contributed by atoms with Gasteiger partial charge in [-0.2, -0.15) is 0 Å². The summed E-state index contributed by atoms with van der Waals surface area (Å²) in [6.45, 7) is 1.54. The predicted octanol–water partition coefficient (Wildman–Crippen LogP) is 2.08. The maximum absolute atomic E-state index is 15.0. The third-order valence-corrected chi connectivity index (χ3v) is 12.3. The van der Waals surface area contributed by atoms with Gasteiger partial charge in [-0.1, -0.05) is 92.8 Å². The van der Waals surface area contributed by atoms with Crippen molar-refractivity contribution >= 4 is 35.5 Å². The first-order chi connectivity index (χ1) is 29.1. The molecule has 60 heavy (non-hydrogen) atoms. The molecule has 328 valence electrons. The Kier molecular flexibility index (Phi) is 18.2. The molecule has 1 saturated carbocycles. The van der Waals surface area contributed by atoms with Crippen LogP contribution in [0.4, 0.5) is 0 Å². The summed E-state index contributed by atoms with van der Waals surface area (Å²) in [7, 11) is 1.72. The first-order valence-electron chi connectivity index (χ1n) is 22.1. The first-order valence-corrected chi connectivity index (χ1v) is 22.1. The number of unbranched alkanes of at least 4 members (excludes halogenated alkanes) is 1. The van der Waals surface area contributed by atoms with Crippen molar-refractivity contribution in [3.05, 3.63) is 71.8 Å². The number of amides is 5. The van der Waals surface area contributed by atoms with Gasteiger partial charge in [-0.05, 0) is 88.4 Å². The number of likely N-dealkylation sites (N-methyl/N-ethyl adjacent to an activating group) is 1. The Bertz CT molecular complexity index is 1710. The lowest BCUT2D eigenvalue weighted by Gasteiger charge is -2.42. The minimum atomic E-state index is -0.892. The van der Waals surface area contributed by atoms with Gasteiger partial charge in [0.05, 0.1) is 6.04 Å². The molecule has 3 fully saturated rings. The zero-order chi connectivity index (χ0) is 42.9. The number of carbonyl (C=O) groups is 5. The summed E-state index contributed by atoms with van der Waals surface area (Å²) in [5.74, 6) is -1.45. The average Bonchev–Trinajstić information content (AvgIpc) is 3.76. The van der Waals surface area contributed by atoms with Crippen LogP contribution in [-0.2, 0) is 36.8 Å². The highest BCUT2D eigenvalue weighted by Gasteiger charge is 2.43. The number of benzene rings is 2. The zero-order valence-corrected chi connectivity index (χ0v) is 35.3. The van der Waals surface area contributed by atoms with Crippen molar-refractivity contribution in [2.75, 3.05) is 33.2 Å². The molecule has 2 aromatic carbocycles. The highest BCUT2D eigenvalue weighted by molar-refractivity contribution is 5.96. The number of nitrogens with zero attached hydrogens (tertiary/aromatic N) is 2. The molecule has 0 bridgehead atoms. The second kappa shape index (κ2) is 23.7. The molecule has 0 aromatic heterocycles. The number of nitrogens with two attached hydrogens (primary N) is 2. The second-order valence-electron chi connectivity index (χ2n) is 16.8. The Labute approximate surface area is 355 Å². The fourth-order valence-corrected chi connectivity index (χ4v) is 9.02. The third-order valence-electron chi connectivity index (χ3n) is 12.3. The van der Waals surface area contributed by atoms with E-state index in [1.807, 2.05) is 60.7 Å². The fourth-order valence-electron chi connectivity index (χ4n) is 9.02. The molecule has 5 amide bonds. The van der Waals surface area contributed by atoms with E-state index >= 15 is 0 Å². The quantitative estimate of drug-likeness (QED) is 0.0523. The Balaban J connectivity index is 1.35. The van der Waals surface area contributed by atoms with Crippen LogP contribution in [0.5, 0.6) is 0 Å². The minimum Gasteiger partial charge on any atom is -0.370 e. The van der Waals surface area contributed by atoms with Gasteiger partial charge in [0, 0.05) is 32.1 Å². The SMILES string of the molecule is CN[C@@H](Cc1ccccc1)C(=O)N[C@@H](CCCCN)C(=O)N1CCC[C@H]1C(=O)N[C@H](CC1CCCCC1)C(=O)N1C[C@@H](CCCNC(=N)N)NC(=O)[C@H]1Cc1ccccc1. The van der Waals surface area contributed by atoms with Crippen LogP contribution in [0.3, 0.4) is 0 Å². The normalized spacial score (nSPS) is 21.0. The second-order valence-corrected chi connectivity index (χ2v) is 16.8. The van der Waals surface area contributed by atoms with Crippen LogP contribution in [0.1, 0.15) is 94.6 Å². The lowest BCUT2D eigenvalue weighted by atomic mass is 9.84. The van der Waals surface area contributed by atoms with E-state index in [1.54, 1.807) is 16.8 Å². The van der Waals surface area contributed by atoms with Crippen LogP contribution in [0.25, 0.3) is 0 Å². The molecule has 10 N–H and O–H groups in total. The van der Waals surface area contributed by atoms with E-state index < -0.39 is 36.1 Å². The monoisotopic (exact) mass is 829 g/mol. The molecule has 15 heteroatoms. The summed E-state index contributed by atoms with van der Waals surface area (Å²) < 4.78 is 0. The molecule has 2 saturated heterocycles.